The molecule has 6 nitrogen and oxygen atoms in total. The van der Waals surface area contributed by atoms with Crippen molar-refractivity contribution in [1.82, 2.24) is 15.1 Å². The Hall–Kier alpha value is -3.84. The van der Waals surface area contributed by atoms with Crippen LogP contribution in [0.4, 0.5) is 5.13 Å². The summed E-state index contributed by atoms with van der Waals surface area (Å²) in [6, 6.07) is 19.2. The van der Waals surface area contributed by atoms with Crippen molar-refractivity contribution >= 4 is 32.6 Å². The quantitative estimate of drug-likeness (QED) is 0.345. The Morgan fingerprint density at radius 3 is 2.69 bits per heavy atom. The van der Waals surface area contributed by atoms with Crippen LogP contribution in [0.15, 0.2) is 77.6 Å². The van der Waals surface area contributed by atoms with E-state index in [1.807, 2.05) is 42.5 Å². The number of aryl methyl sites for hydroxylation is 2. The van der Waals surface area contributed by atoms with Crippen molar-refractivity contribution in [3.05, 3.63) is 95.4 Å². The van der Waals surface area contributed by atoms with Crippen LogP contribution in [0.3, 0.4) is 0 Å². The number of anilines is 1. The Morgan fingerprint density at radius 1 is 1.06 bits per heavy atom. The van der Waals surface area contributed by atoms with Crippen LogP contribution in [0.2, 0.25) is 0 Å². The molecule has 0 radical (unpaired) electrons. The van der Waals surface area contributed by atoms with E-state index in [9.17, 15) is 4.79 Å². The van der Waals surface area contributed by atoms with Gasteiger partial charge in [-0.05, 0) is 42.7 Å². The van der Waals surface area contributed by atoms with Crippen LogP contribution in [-0.2, 0) is 6.54 Å². The lowest BCUT2D eigenvalue weighted by Gasteiger charge is -2.18. The van der Waals surface area contributed by atoms with E-state index in [0.29, 0.717) is 17.4 Å². The van der Waals surface area contributed by atoms with Crippen molar-refractivity contribution in [2.24, 2.45) is 0 Å². The monoisotopic (exact) mass is 440 g/mol. The van der Waals surface area contributed by atoms with E-state index in [-0.39, 0.29) is 11.6 Å². The van der Waals surface area contributed by atoms with E-state index in [1.165, 1.54) is 16.9 Å². The summed E-state index contributed by atoms with van der Waals surface area (Å²) < 4.78 is 6.51. The van der Waals surface area contributed by atoms with E-state index in [4.69, 9.17) is 9.51 Å². The largest absolute Gasteiger partial charge is 0.355 e. The highest BCUT2D eigenvalue weighted by molar-refractivity contribution is 7.22. The molecular weight excluding hydrogens is 420 g/mol. The molecular formula is C25H20N4O2S. The number of carbonyl (C=O) groups is 1. The van der Waals surface area contributed by atoms with Crippen LogP contribution < -0.4 is 4.90 Å². The Labute approximate surface area is 189 Å². The summed E-state index contributed by atoms with van der Waals surface area (Å²) in [5.41, 5.74) is 5.21. The van der Waals surface area contributed by atoms with Gasteiger partial charge in [0, 0.05) is 24.0 Å². The van der Waals surface area contributed by atoms with E-state index in [0.717, 1.165) is 26.9 Å². The topological polar surface area (TPSA) is 72.1 Å². The molecule has 0 fully saturated rings. The highest BCUT2D eigenvalue weighted by atomic mass is 32.1. The van der Waals surface area contributed by atoms with Crippen molar-refractivity contribution in [1.29, 1.82) is 0 Å². The smallest absolute Gasteiger partial charge is 0.282 e. The molecule has 5 rings (SSSR count). The Bertz CT molecular complexity index is 1390. The highest BCUT2D eigenvalue weighted by Gasteiger charge is 2.25. The number of nitrogens with zero attached hydrogens (tertiary/aromatic N) is 4. The minimum Gasteiger partial charge on any atom is -0.355 e. The lowest BCUT2D eigenvalue weighted by atomic mass is 10.1. The molecule has 0 N–H and O–H groups in total. The average Bonchev–Trinajstić information content (AvgIpc) is 3.49. The fourth-order valence-electron chi connectivity index (χ4n) is 3.48. The molecule has 0 unspecified atom stereocenters. The number of rotatable bonds is 5. The van der Waals surface area contributed by atoms with Crippen LogP contribution in [0.5, 0.6) is 0 Å². The zero-order valence-electron chi connectivity index (χ0n) is 17.6. The molecule has 2 aromatic carbocycles. The Morgan fingerprint density at radius 2 is 1.91 bits per heavy atom. The summed E-state index contributed by atoms with van der Waals surface area (Å²) in [7, 11) is 0. The summed E-state index contributed by atoms with van der Waals surface area (Å²) >= 11 is 1.49. The number of hydrogen-bond acceptors (Lipinski definition) is 6. The molecule has 3 aromatic heterocycles. The maximum absolute atomic E-state index is 13.6. The van der Waals surface area contributed by atoms with Crippen molar-refractivity contribution in [3.8, 4) is 11.3 Å². The molecule has 1 amide bonds. The number of thiazole rings is 1. The number of amides is 1. The second kappa shape index (κ2) is 8.36. The standard InChI is InChI=1S/C25H20N4O2S/c1-16-10-11-22-23(17(16)2)27-25(32-22)29(15-18-7-6-12-26-14-18)24(30)20-13-21(31-28-20)19-8-4-3-5-9-19/h3-14H,15H2,1-2H3. The fraction of sp³-hybridized carbons (Fsp3) is 0.120. The normalized spacial score (nSPS) is 11.1. The lowest BCUT2D eigenvalue weighted by molar-refractivity contribution is 0.0976. The van der Waals surface area contributed by atoms with Crippen LogP contribution in [0.25, 0.3) is 21.5 Å². The van der Waals surface area contributed by atoms with Gasteiger partial charge in [0.25, 0.3) is 5.91 Å². The molecule has 0 atom stereocenters. The number of pyridine rings is 1. The van der Waals surface area contributed by atoms with Crippen LogP contribution in [0.1, 0.15) is 27.2 Å². The summed E-state index contributed by atoms with van der Waals surface area (Å²) in [5.74, 6) is 0.277. The predicted octanol–water partition coefficient (Wildman–Crippen LogP) is 5.81. The van der Waals surface area contributed by atoms with E-state index in [1.54, 1.807) is 23.4 Å². The lowest BCUT2D eigenvalue weighted by Crippen LogP contribution is -2.30. The fourth-order valence-corrected chi connectivity index (χ4v) is 4.51. The second-order valence-corrected chi connectivity index (χ2v) is 8.55. The Kier molecular flexibility index (Phi) is 5.25. The minimum atomic E-state index is -0.270. The molecule has 7 heteroatoms. The van der Waals surface area contributed by atoms with E-state index in [2.05, 4.69) is 36.1 Å². The number of fused-ring (bicyclic) bond motifs is 1. The van der Waals surface area contributed by atoms with Crippen molar-refractivity contribution in [2.45, 2.75) is 20.4 Å². The molecule has 0 saturated carbocycles. The maximum atomic E-state index is 13.6. The van der Waals surface area contributed by atoms with Crippen LogP contribution >= 0.6 is 11.3 Å². The number of carbonyl (C=O) groups excluding carboxylic acids is 1. The van der Waals surface area contributed by atoms with Gasteiger partial charge in [-0.25, -0.2) is 4.98 Å². The molecule has 0 aliphatic heterocycles. The summed E-state index contributed by atoms with van der Waals surface area (Å²) in [5, 5.41) is 4.68. The molecule has 32 heavy (non-hydrogen) atoms. The van der Waals surface area contributed by atoms with Gasteiger partial charge in [0.15, 0.2) is 16.6 Å². The second-order valence-electron chi connectivity index (χ2n) is 7.55. The van der Waals surface area contributed by atoms with Crippen molar-refractivity contribution < 1.29 is 9.32 Å². The Balaban J connectivity index is 1.55. The third kappa shape index (κ3) is 3.78. The molecule has 3 heterocycles. The first kappa shape index (κ1) is 20.1. The molecule has 0 aliphatic carbocycles. The van der Waals surface area contributed by atoms with Crippen molar-refractivity contribution in [3.63, 3.8) is 0 Å². The van der Waals surface area contributed by atoms with Gasteiger partial charge in [-0.3, -0.25) is 14.7 Å². The first-order valence-electron chi connectivity index (χ1n) is 10.2. The van der Waals surface area contributed by atoms with Gasteiger partial charge in [-0.2, -0.15) is 0 Å². The molecule has 0 aliphatic rings. The van der Waals surface area contributed by atoms with E-state index >= 15 is 0 Å². The minimum absolute atomic E-state index is 0.236. The van der Waals surface area contributed by atoms with Gasteiger partial charge in [0.05, 0.1) is 16.8 Å². The maximum Gasteiger partial charge on any atom is 0.282 e. The van der Waals surface area contributed by atoms with Crippen LogP contribution in [0, 0.1) is 13.8 Å². The summed E-state index contributed by atoms with van der Waals surface area (Å²) in [4.78, 5) is 24.2. The molecule has 158 valence electrons. The first-order valence-corrected chi connectivity index (χ1v) is 11.0. The van der Waals surface area contributed by atoms with Gasteiger partial charge >= 0.3 is 0 Å². The predicted molar refractivity (Wildman–Crippen MR) is 126 cm³/mol. The SMILES string of the molecule is Cc1ccc2sc(N(Cc3cccnc3)C(=O)c3cc(-c4ccccc4)on3)nc2c1C. The number of benzene rings is 2. The van der Waals surface area contributed by atoms with Crippen LogP contribution in [-0.4, -0.2) is 21.0 Å². The van der Waals surface area contributed by atoms with Gasteiger partial charge in [0.1, 0.15) is 0 Å². The van der Waals surface area contributed by atoms with Gasteiger partial charge < -0.3 is 4.52 Å². The molecule has 0 spiro atoms. The molecule has 0 saturated heterocycles. The number of aromatic nitrogens is 3. The summed E-state index contributed by atoms with van der Waals surface area (Å²) in [6.07, 6.45) is 3.46. The third-order valence-electron chi connectivity index (χ3n) is 5.40. The average molecular weight is 441 g/mol. The molecule has 5 aromatic rings. The highest BCUT2D eigenvalue weighted by Crippen LogP contribution is 2.33. The van der Waals surface area contributed by atoms with Gasteiger partial charge in [-0.15, -0.1) is 0 Å². The third-order valence-corrected chi connectivity index (χ3v) is 6.44. The van der Waals surface area contributed by atoms with Gasteiger partial charge in [0.2, 0.25) is 0 Å². The molecule has 0 bridgehead atoms. The first-order chi connectivity index (χ1) is 15.6. The zero-order chi connectivity index (χ0) is 22.1. The number of hydrogen-bond donors (Lipinski definition) is 0. The van der Waals surface area contributed by atoms with E-state index < -0.39 is 0 Å². The summed E-state index contributed by atoms with van der Waals surface area (Å²) in [6.45, 7) is 4.45. The van der Waals surface area contributed by atoms with Gasteiger partial charge in [-0.1, -0.05) is 59.0 Å². The zero-order valence-corrected chi connectivity index (χ0v) is 18.5. The van der Waals surface area contributed by atoms with Crippen molar-refractivity contribution in [2.75, 3.05) is 4.90 Å².